The smallest absolute Gasteiger partial charge is 0.128 e. The van der Waals surface area contributed by atoms with E-state index >= 15 is 0 Å². The molecule has 0 N–H and O–H groups in total. The second-order valence-corrected chi connectivity index (χ2v) is 8.97. The zero-order valence-electron chi connectivity index (χ0n) is 19.1. The number of ether oxygens (including phenoxy) is 1. The highest BCUT2D eigenvalue weighted by Gasteiger charge is 2.21. The quantitative estimate of drug-likeness (QED) is 0.338. The van der Waals surface area contributed by atoms with Gasteiger partial charge in [0.15, 0.2) is 0 Å². The van der Waals surface area contributed by atoms with Crippen molar-refractivity contribution in [1.82, 2.24) is 9.97 Å². The Hall–Kier alpha value is -1.90. The molecule has 0 aliphatic heterocycles. The van der Waals surface area contributed by atoms with Gasteiger partial charge in [-0.15, -0.1) is 0 Å². The van der Waals surface area contributed by atoms with Crippen molar-refractivity contribution in [2.24, 2.45) is 11.8 Å². The molecule has 0 amide bonds. The maximum Gasteiger partial charge on any atom is 0.128 e. The third kappa shape index (κ3) is 7.41. The predicted octanol–water partition coefficient (Wildman–Crippen LogP) is 7.64. The van der Waals surface area contributed by atoms with Crippen molar-refractivity contribution in [1.29, 1.82) is 0 Å². The van der Waals surface area contributed by atoms with E-state index in [1.54, 1.807) is 0 Å². The molecule has 0 atom stereocenters. The van der Waals surface area contributed by atoms with Crippen LogP contribution in [0.3, 0.4) is 0 Å². The van der Waals surface area contributed by atoms with Crippen molar-refractivity contribution in [3.63, 3.8) is 0 Å². The van der Waals surface area contributed by atoms with E-state index in [0.717, 1.165) is 41.0 Å². The van der Waals surface area contributed by atoms with Gasteiger partial charge in [0.25, 0.3) is 0 Å². The van der Waals surface area contributed by atoms with Crippen LogP contribution in [0.4, 0.5) is 0 Å². The highest BCUT2D eigenvalue weighted by Crippen LogP contribution is 2.34. The lowest BCUT2D eigenvalue weighted by molar-refractivity contribution is 0.248. The van der Waals surface area contributed by atoms with Crippen LogP contribution in [0.5, 0.6) is 5.75 Å². The van der Waals surface area contributed by atoms with Gasteiger partial charge in [-0.2, -0.15) is 0 Å². The molecule has 164 valence electrons. The molecule has 3 nitrogen and oxygen atoms in total. The highest BCUT2D eigenvalue weighted by atomic mass is 16.5. The summed E-state index contributed by atoms with van der Waals surface area (Å²) < 4.78 is 5.51. The van der Waals surface area contributed by atoms with E-state index in [9.17, 15) is 0 Å². The average Bonchev–Trinajstić information content (AvgIpc) is 2.79. The monoisotopic (exact) mass is 408 g/mol. The Labute approximate surface area is 183 Å². The zero-order chi connectivity index (χ0) is 21.0. The molecular weight excluding hydrogens is 368 g/mol. The highest BCUT2D eigenvalue weighted by molar-refractivity contribution is 5.62. The Bertz CT molecular complexity index is 703. The Kier molecular flexibility index (Phi) is 9.66. The van der Waals surface area contributed by atoms with Crippen molar-refractivity contribution < 1.29 is 4.74 Å². The summed E-state index contributed by atoms with van der Waals surface area (Å²) in [6, 6.07) is 8.17. The molecule has 0 bridgehead atoms. The fourth-order valence-corrected chi connectivity index (χ4v) is 4.72. The molecule has 1 fully saturated rings. The molecule has 0 saturated heterocycles. The van der Waals surface area contributed by atoms with Gasteiger partial charge in [0, 0.05) is 24.4 Å². The zero-order valence-corrected chi connectivity index (χ0v) is 19.1. The lowest BCUT2D eigenvalue weighted by atomic mass is 9.78. The molecule has 3 heteroatoms. The van der Waals surface area contributed by atoms with Gasteiger partial charge < -0.3 is 4.74 Å². The van der Waals surface area contributed by atoms with Gasteiger partial charge in [-0.3, -0.25) is 0 Å². The molecule has 1 aromatic heterocycles. The summed E-state index contributed by atoms with van der Waals surface area (Å²) in [5, 5.41) is 0. The number of aryl methyl sites for hydroxylation is 1. The minimum Gasteiger partial charge on any atom is -0.494 e. The predicted molar refractivity (Wildman–Crippen MR) is 126 cm³/mol. The van der Waals surface area contributed by atoms with E-state index < -0.39 is 0 Å². The van der Waals surface area contributed by atoms with E-state index in [4.69, 9.17) is 4.74 Å². The van der Waals surface area contributed by atoms with Crippen molar-refractivity contribution in [2.75, 3.05) is 6.61 Å². The number of unbranched alkanes of at least 4 members (excludes halogenated alkanes) is 4. The second kappa shape index (κ2) is 12.7. The minimum atomic E-state index is 0.692. The molecule has 1 aromatic carbocycles. The summed E-state index contributed by atoms with van der Waals surface area (Å²) in [5.74, 6) is 3.76. The lowest BCUT2D eigenvalue weighted by Crippen LogP contribution is -2.15. The summed E-state index contributed by atoms with van der Waals surface area (Å²) in [5.41, 5.74) is 2.21. The van der Waals surface area contributed by atoms with Gasteiger partial charge in [-0.1, -0.05) is 83.3 Å². The Morgan fingerprint density at radius 3 is 2.03 bits per heavy atom. The Morgan fingerprint density at radius 2 is 1.40 bits per heavy atom. The normalized spacial score (nSPS) is 19.0. The first-order chi connectivity index (χ1) is 14.8. The molecule has 0 radical (unpaired) electrons. The van der Waals surface area contributed by atoms with Gasteiger partial charge in [-0.05, 0) is 42.9 Å². The number of benzene rings is 1. The first kappa shape index (κ1) is 22.8. The number of nitrogens with zero attached hydrogens (tertiary/aromatic N) is 2. The Morgan fingerprint density at radius 1 is 0.767 bits per heavy atom. The van der Waals surface area contributed by atoms with Crippen molar-refractivity contribution in [2.45, 2.75) is 90.9 Å². The van der Waals surface area contributed by atoms with Gasteiger partial charge >= 0.3 is 0 Å². The molecule has 30 heavy (non-hydrogen) atoms. The van der Waals surface area contributed by atoms with E-state index in [-0.39, 0.29) is 0 Å². The maximum atomic E-state index is 5.51. The SMILES string of the molecule is CCCCCCC[C@H]1CC[C@H](CCc2ncc(-c3ccc(OCC)cc3)cn2)CC1. The molecular formula is C27H40N2O. The van der Waals surface area contributed by atoms with Crippen LogP contribution in [0, 0.1) is 11.8 Å². The number of hydrogen-bond donors (Lipinski definition) is 0. The standard InChI is InChI=1S/C27H40N2O/c1-3-5-6-7-8-9-22-10-12-23(13-11-22)14-19-27-28-20-25(21-29-27)24-15-17-26(18-16-24)30-4-2/h15-18,20-23H,3-14,19H2,1-2H3/t22-,23-. The molecule has 3 rings (SSSR count). The fourth-order valence-electron chi connectivity index (χ4n) is 4.72. The van der Waals surface area contributed by atoms with Crippen LogP contribution in [-0.4, -0.2) is 16.6 Å². The van der Waals surface area contributed by atoms with Crippen molar-refractivity contribution in [3.05, 3.63) is 42.5 Å². The molecule has 2 aromatic rings. The third-order valence-corrected chi connectivity index (χ3v) is 6.66. The van der Waals surface area contributed by atoms with Gasteiger partial charge in [-0.25, -0.2) is 9.97 Å². The molecule has 0 spiro atoms. The van der Waals surface area contributed by atoms with Crippen LogP contribution < -0.4 is 4.74 Å². The minimum absolute atomic E-state index is 0.692. The van der Waals surface area contributed by atoms with Gasteiger partial charge in [0.05, 0.1) is 6.61 Å². The first-order valence-corrected chi connectivity index (χ1v) is 12.3. The third-order valence-electron chi connectivity index (χ3n) is 6.66. The number of hydrogen-bond acceptors (Lipinski definition) is 3. The first-order valence-electron chi connectivity index (χ1n) is 12.3. The maximum absolute atomic E-state index is 5.51. The average molecular weight is 409 g/mol. The summed E-state index contributed by atoms with van der Waals surface area (Å²) in [6.07, 6.45) is 20.4. The lowest BCUT2D eigenvalue weighted by Gasteiger charge is -2.28. The summed E-state index contributed by atoms with van der Waals surface area (Å²) in [7, 11) is 0. The Balaban J connectivity index is 1.36. The van der Waals surface area contributed by atoms with Crippen LogP contribution in [0.15, 0.2) is 36.7 Å². The van der Waals surface area contributed by atoms with E-state index in [1.165, 1.54) is 70.6 Å². The van der Waals surface area contributed by atoms with E-state index in [1.807, 2.05) is 31.5 Å². The van der Waals surface area contributed by atoms with Crippen molar-refractivity contribution >= 4 is 0 Å². The second-order valence-electron chi connectivity index (χ2n) is 8.97. The number of rotatable bonds is 12. The summed E-state index contributed by atoms with van der Waals surface area (Å²) in [6.45, 7) is 4.99. The van der Waals surface area contributed by atoms with Crippen LogP contribution in [0.25, 0.3) is 11.1 Å². The topological polar surface area (TPSA) is 35.0 Å². The van der Waals surface area contributed by atoms with Crippen molar-refractivity contribution in [3.8, 4) is 16.9 Å². The molecule has 0 unspecified atom stereocenters. The van der Waals surface area contributed by atoms with Gasteiger partial charge in [0.1, 0.15) is 11.6 Å². The molecule has 1 saturated carbocycles. The van der Waals surface area contributed by atoms with Crippen LogP contribution in [0.1, 0.15) is 90.3 Å². The van der Waals surface area contributed by atoms with E-state index in [2.05, 4.69) is 29.0 Å². The van der Waals surface area contributed by atoms with Crippen LogP contribution >= 0.6 is 0 Å². The van der Waals surface area contributed by atoms with Gasteiger partial charge in [0.2, 0.25) is 0 Å². The summed E-state index contributed by atoms with van der Waals surface area (Å²) in [4.78, 5) is 9.27. The fraction of sp³-hybridized carbons (Fsp3) is 0.630. The largest absolute Gasteiger partial charge is 0.494 e. The molecule has 1 heterocycles. The van der Waals surface area contributed by atoms with Crippen LogP contribution in [-0.2, 0) is 6.42 Å². The van der Waals surface area contributed by atoms with Crippen LogP contribution in [0.2, 0.25) is 0 Å². The number of aromatic nitrogens is 2. The summed E-state index contributed by atoms with van der Waals surface area (Å²) >= 11 is 0. The molecule has 1 aliphatic rings. The van der Waals surface area contributed by atoms with E-state index in [0.29, 0.717) is 6.61 Å². The molecule has 1 aliphatic carbocycles.